The average molecular weight is 358 g/mol. The van der Waals surface area contributed by atoms with Gasteiger partial charge in [0.05, 0.1) is 0 Å². The van der Waals surface area contributed by atoms with E-state index < -0.39 is 0 Å². The number of hydrogen-bond donors (Lipinski definition) is 0. The van der Waals surface area contributed by atoms with Crippen LogP contribution in [0.15, 0.2) is 24.3 Å². The first-order valence-electron chi connectivity index (χ1n) is 6.52. The summed E-state index contributed by atoms with van der Waals surface area (Å²) in [5, 5.41) is 0. The van der Waals surface area contributed by atoms with E-state index in [-0.39, 0.29) is 0 Å². The minimum atomic E-state index is 0.308. The van der Waals surface area contributed by atoms with E-state index in [2.05, 4.69) is 62.4 Å². The standard InChI is InChI=1S/C16H23IO/c1-12(11-16(2,3)4)9-15(18)10-13-5-7-14(17)8-6-13/h5-8,12H,9-11H2,1-4H3. The molecule has 2 heteroatoms. The highest BCUT2D eigenvalue weighted by Crippen LogP contribution is 2.26. The molecule has 1 aromatic rings. The number of benzene rings is 1. The predicted octanol–water partition coefficient (Wildman–Crippen LogP) is 4.87. The van der Waals surface area contributed by atoms with E-state index >= 15 is 0 Å². The van der Waals surface area contributed by atoms with Crippen LogP contribution in [-0.4, -0.2) is 5.78 Å². The summed E-state index contributed by atoms with van der Waals surface area (Å²) < 4.78 is 1.21. The van der Waals surface area contributed by atoms with Crippen molar-refractivity contribution in [3.05, 3.63) is 33.4 Å². The summed E-state index contributed by atoms with van der Waals surface area (Å²) in [7, 11) is 0. The number of carbonyl (C=O) groups is 1. The van der Waals surface area contributed by atoms with Gasteiger partial charge < -0.3 is 0 Å². The maximum absolute atomic E-state index is 12.0. The number of carbonyl (C=O) groups excluding carboxylic acids is 1. The molecule has 1 nitrogen and oxygen atoms in total. The average Bonchev–Trinajstić information content (AvgIpc) is 2.18. The monoisotopic (exact) mass is 358 g/mol. The topological polar surface area (TPSA) is 17.1 Å². The van der Waals surface area contributed by atoms with Gasteiger partial charge in [0.1, 0.15) is 5.78 Å². The molecule has 0 amide bonds. The van der Waals surface area contributed by atoms with Gasteiger partial charge in [-0.05, 0) is 58.0 Å². The SMILES string of the molecule is CC(CC(=O)Cc1ccc(I)cc1)CC(C)(C)C. The lowest BCUT2D eigenvalue weighted by atomic mass is 9.83. The van der Waals surface area contributed by atoms with E-state index in [1.165, 1.54) is 3.57 Å². The molecular formula is C16H23IO. The zero-order valence-corrected chi connectivity index (χ0v) is 14.0. The summed E-state index contributed by atoms with van der Waals surface area (Å²) in [5.41, 5.74) is 1.44. The highest BCUT2D eigenvalue weighted by atomic mass is 127. The fourth-order valence-corrected chi connectivity index (χ4v) is 2.77. The summed E-state index contributed by atoms with van der Waals surface area (Å²) in [6.45, 7) is 8.87. The Labute approximate surface area is 125 Å². The number of ketones is 1. The van der Waals surface area contributed by atoms with E-state index in [4.69, 9.17) is 0 Å². The van der Waals surface area contributed by atoms with Crippen molar-refractivity contribution in [2.45, 2.75) is 47.0 Å². The van der Waals surface area contributed by atoms with Crippen LogP contribution in [0.3, 0.4) is 0 Å². The maximum atomic E-state index is 12.0. The number of Topliss-reactive ketones (excluding diaryl/α,β-unsaturated/α-hetero) is 1. The van der Waals surface area contributed by atoms with Crippen molar-refractivity contribution < 1.29 is 4.79 Å². The van der Waals surface area contributed by atoms with Crippen LogP contribution >= 0.6 is 22.6 Å². The van der Waals surface area contributed by atoms with Crippen LogP contribution in [0.5, 0.6) is 0 Å². The quantitative estimate of drug-likeness (QED) is 0.687. The van der Waals surface area contributed by atoms with Crippen molar-refractivity contribution in [3.63, 3.8) is 0 Å². The second kappa shape index (κ2) is 6.69. The van der Waals surface area contributed by atoms with Gasteiger partial charge >= 0.3 is 0 Å². The summed E-state index contributed by atoms with van der Waals surface area (Å²) >= 11 is 2.28. The Morgan fingerprint density at radius 1 is 1.22 bits per heavy atom. The van der Waals surface area contributed by atoms with Gasteiger partial charge in [-0.3, -0.25) is 4.79 Å². The van der Waals surface area contributed by atoms with Crippen LogP contribution in [0.1, 0.15) is 46.1 Å². The second-order valence-electron chi connectivity index (χ2n) is 6.42. The normalized spacial score (nSPS) is 13.4. The first kappa shape index (κ1) is 15.7. The largest absolute Gasteiger partial charge is 0.299 e. The van der Waals surface area contributed by atoms with Crippen LogP contribution in [0.25, 0.3) is 0 Å². The van der Waals surface area contributed by atoms with Gasteiger partial charge in [-0.15, -0.1) is 0 Å². The number of hydrogen-bond acceptors (Lipinski definition) is 1. The summed E-state index contributed by atoms with van der Waals surface area (Å²) in [6, 6.07) is 8.21. The van der Waals surface area contributed by atoms with Crippen molar-refractivity contribution in [2.75, 3.05) is 0 Å². The molecule has 1 unspecified atom stereocenters. The molecule has 0 aliphatic carbocycles. The van der Waals surface area contributed by atoms with E-state index in [0.717, 1.165) is 12.0 Å². The van der Waals surface area contributed by atoms with Gasteiger partial charge in [-0.2, -0.15) is 0 Å². The summed E-state index contributed by atoms with van der Waals surface area (Å²) in [5.74, 6) is 0.828. The highest BCUT2D eigenvalue weighted by molar-refractivity contribution is 14.1. The molecule has 0 fully saturated rings. The molecule has 0 aliphatic rings. The van der Waals surface area contributed by atoms with E-state index in [9.17, 15) is 4.79 Å². The molecule has 0 saturated heterocycles. The van der Waals surface area contributed by atoms with Crippen molar-refractivity contribution in [2.24, 2.45) is 11.3 Å². The molecule has 0 spiro atoms. The van der Waals surface area contributed by atoms with Gasteiger partial charge in [0.2, 0.25) is 0 Å². The van der Waals surface area contributed by atoms with Gasteiger partial charge in [0.25, 0.3) is 0 Å². The third-order valence-corrected chi connectivity index (χ3v) is 3.57. The minimum absolute atomic E-state index is 0.308. The van der Waals surface area contributed by atoms with Crippen molar-refractivity contribution in [1.82, 2.24) is 0 Å². The molecular weight excluding hydrogens is 335 g/mol. The van der Waals surface area contributed by atoms with Crippen LogP contribution in [0.2, 0.25) is 0 Å². The first-order chi connectivity index (χ1) is 8.26. The molecule has 0 bridgehead atoms. The second-order valence-corrected chi connectivity index (χ2v) is 7.66. The lowest BCUT2D eigenvalue weighted by Crippen LogP contribution is -2.15. The lowest BCUT2D eigenvalue weighted by Gasteiger charge is -2.22. The minimum Gasteiger partial charge on any atom is -0.299 e. The molecule has 0 aliphatic heterocycles. The maximum Gasteiger partial charge on any atom is 0.137 e. The van der Waals surface area contributed by atoms with Crippen molar-refractivity contribution >= 4 is 28.4 Å². The Bertz CT molecular complexity index is 387. The van der Waals surface area contributed by atoms with Crippen LogP contribution in [0.4, 0.5) is 0 Å². The Kier molecular flexibility index (Phi) is 5.83. The molecule has 1 aromatic carbocycles. The molecule has 0 saturated carbocycles. The molecule has 1 rings (SSSR count). The van der Waals surface area contributed by atoms with E-state index in [1.807, 2.05) is 12.1 Å². The lowest BCUT2D eigenvalue weighted by molar-refractivity contribution is -0.119. The van der Waals surface area contributed by atoms with Crippen LogP contribution in [0, 0.1) is 14.9 Å². The Balaban J connectivity index is 2.44. The third-order valence-electron chi connectivity index (χ3n) is 2.85. The Morgan fingerprint density at radius 3 is 2.28 bits per heavy atom. The molecule has 0 radical (unpaired) electrons. The van der Waals surface area contributed by atoms with Crippen LogP contribution in [-0.2, 0) is 11.2 Å². The van der Waals surface area contributed by atoms with E-state index in [0.29, 0.717) is 30.0 Å². The molecule has 0 N–H and O–H groups in total. The van der Waals surface area contributed by atoms with Gasteiger partial charge in [0.15, 0.2) is 0 Å². The van der Waals surface area contributed by atoms with Crippen molar-refractivity contribution in [3.8, 4) is 0 Å². The van der Waals surface area contributed by atoms with Gasteiger partial charge in [-0.25, -0.2) is 0 Å². The Morgan fingerprint density at radius 2 is 1.78 bits per heavy atom. The zero-order valence-electron chi connectivity index (χ0n) is 11.8. The zero-order chi connectivity index (χ0) is 13.8. The number of rotatable bonds is 5. The molecule has 18 heavy (non-hydrogen) atoms. The fourth-order valence-electron chi connectivity index (χ4n) is 2.41. The van der Waals surface area contributed by atoms with Crippen molar-refractivity contribution in [1.29, 1.82) is 0 Å². The van der Waals surface area contributed by atoms with Gasteiger partial charge in [0, 0.05) is 16.4 Å². The Hall–Kier alpha value is -0.380. The summed E-state index contributed by atoms with van der Waals surface area (Å²) in [4.78, 5) is 12.0. The number of halogens is 1. The molecule has 0 heterocycles. The molecule has 1 atom stereocenters. The molecule has 100 valence electrons. The summed E-state index contributed by atoms with van der Waals surface area (Å²) in [6.07, 6.45) is 2.38. The molecule has 0 aromatic heterocycles. The predicted molar refractivity (Wildman–Crippen MR) is 85.7 cm³/mol. The van der Waals surface area contributed by atoms with E-state index in [1.54, 1.807) is 0 Å². The van der Waals surface area contributed by atoms with Crippen LogP contribution < -0.4 is 0 Å². The highest BCUT2D eigenvalue weighted by Gasteiger charge is 2.17. The van der Waals surface area contributed by atoms with Gasteiger partial charge in [-0.1, -0.05) is 39.8 Å². The third kappa shape index (κ3) is 6.53. The first-order valence-corrected chi connectivity index (χ1v) is 7.60. The smallest absolute Gasteiger partial charge is 0.137 e. The fraction of sp³-hybridized carbons (Fsp3) is 0.562.